The molecule has 2 heterocycles. The number of nitrogens with one attached hydrogen (secondary N) is 1. The zero-order chi connectivity index (χ0) is 18.2. The Morgan fingerprint density at radius 2 is 2.00 bits per heavy atom. The number of alkyl halides is 3. The summed E-state index contributed by atoms with van der Waals surface area (Å²) in [6, 6.07) is 0.944. The highest BCUT2D eigenvalue weighted by Crippen LogP contribution is 2.34. The van der Waals surface area contributed by atoms with Crippen LogP contribution in [0.2, 0.25) is 5.02 Å². The smallest absolute Gasteiger partial charge is 0.420 e. The van der Waals surface area contributed by atoms with Crippen LogP contribution in [0, 0.1) is 6.92 Å². The first-order valence-electron chi connectivity index (χ1n) is 6.33. The van der Waals surface area contributed by atoms with Crippen LogP contribution in [0.25, 0.3) is 0 Å². The maximum atomic E-state index is 13.1. The Kier molecular flexibility index (Phi) is 4.52. The molecule has 24 heavy (non-hydrogen) atoms. The van der Waals surface area contributed by atoms with Gasteiger partial charge in [-0.3, -0.25) is 9.48 Å². The molecule has 128 valence electrons. The Balaban J connectivity index is 2.42. The number of anilines is 1. The molecule has 2 rings (SSSR count). The van der Waals surface area contributed by atoms with Gasteiger partial charge in [-0.2, -0.15) is 18.3 Å². The van der Waals surface area contributed by atoms with Crippen LogP contribution in [0.15, 0.2) is 12.3 Å². The lowest BCUT2D eigenvalue weighted by Gasteiger charge is -2.10. The molecule has 7 nitrogen and oxygen atoms in total. The number of hydrogen-bond donors (Lipinski definition) is 2. The number of aryl methyl sites for hydroxylation is 2. The first kappa shape index (κ1) is 17.7. The van der Waals surface area contributed by atoms with Crippen LogP contribution in [-0.4, -0.2) is 31.7 Å². The standard InChI is InChI=1S/C13H10ClF3N4O3/c1-5-9(13(15,16)17)10(21(2)20-5)11(22)19-8-3-6(12(23)24)7(14)4-18-8/h3-4H,1-2H3,(H,23,24)(H,18,19,22). The van der Waals surface area contributed by atoms with E-state index in [1.165, 1.54) is 7.05 Å². The highest BCUT2D eigenvalue weighted by Gasteiger charge is 2.40. The molecule has 2 aromatic heterocycles. The summed E-state index contributed by atoms with van der Waals surface area (Å²) in [5.41, 5.74) is -2.59. The number of carboxylic acid groups (broad SMARTS) is 1. The topological polar surface area (TPSA) is 97.1 Å². The normalized spacial score (nSPS) is 11.4. The van der Waals surface area contributed by atoms with Crippen LogP contribution < -0.4 is 5.32 Å². The van der Waals surface area contributed by atoms with Crippen molar-refractivity contribution in [3.05, 3.63) is 39.8 Å². The summed E-state index contributed by atoms with van der Waals surface area (Å²) in [5, 5.41) is 14.5. The number of carbonyl (C=O) groups excluding carboxylic acids is 1. The molecule has 0 fully saturated rings. The van der Waals surface area contributed by atoms with Crippen molar-refractivity contribution in [2.75, 3.05) is 5.32 Å². The molecule has 2 aromatic rings. The summed E-state index contributed by atoms with van der Waals surface area (Å²) >= 11 is 5.64. The minimum Gasteiger partial charge on any atom is -0.478 e. The Hall–Kier alpha value is -2.62. The van der Waals surface area contributed by atoms with Crippen molar-refractivity contribution in [2.45, 2.75) is 13.1 Å². The second kappa shape index (κ2) is 6.11. The number of rotatable bonds is 3. The molecule has 2 N–H and O–H groups in total. The summed E-state index contributed by atoms with van der Waals surface area (Å²) < 4.78 is 40.1. The number of halogens is 4. The maximum Gasteiger partial charge on any atom is 0.420 e. The summed E-state index contributed by atoms with van der Waals surface area (Å²) in [4.78, 5) is 26.9. The Bertz CT molecular complexity index is 833. The van der Waals surface area contributed by atoms with Crippen LogP contribution in [0.3, 0.4) is 0 Å². The van der Waals surface area contributed by atoms with E-state index in [1.54, 1.807) is 0 Å². The van der Waals surface area contributed by atoms with E-state index in [-0.39, 0.29) is 22.1 Å². The number of carbonyl (C=O) groups is 2. The second-order valence-electron chi connectivity index (χ2n) is 4.74. The molecule has 0 aliphatic rings. The summed E-state index contributed by atoms with van der Waals surface area (Å²) in [6.07, 6.45) is -3.80. The van der Waals surface area contributed by atoms with Gasteiger partial charge in [0, 0.05) is 13.2 Å². The molecule has 0 radical (unpaired) electrons. The van der Waals surface area contributed by atoms with Crippen molar-refractivity contribution in [1.82, 2.24) is 14.8 Å². The quantitative estimate of drug-likeness (QED) is 0.875. The first-order valence-corrected chi connectivity index (χ1v) is 6.71. The summed E-state index contributed by atoms with van der Waals surface area (Å²) in [6.45, 7) is 1.13. The maximum absolute atomic E-state index is 13.1. The van der Waals surface area contributed by atoms with Crippen LogP contribution >= 0.6 is 11.6 Å². The number of amides is 1. The van der Waals surface area contributed by atoms with Crippen molar-refractivity contribution in [2.24, 2.45) is 7.05 Å². The number of aromatic nitrogens is 3. The van der Waals surface area contributed by atoms with Crippen molar-refractivity contribution < 1.29 is 27.9 Å². The van der Waals surface area contributed by atoms with Crippen molar-refractivity contribution in [3.8, 4) is 0 Å². The van der Waals surface area contributed by atoms with Gasteiger partial charge in [-0.1, -0.05) is 11.6 Å². The van der Waals surface area contributed by atoms with Gasteiger partial charge >= 0.3 is 12.1 Å². The molecule has 0 bridgehead atoms. The minimum atomic E-state index is -4.77. The number of aromatic carboxylic acids is 1. The summed E-state index contributed by atoms with van der Waals surface area (Å²) in [7, 11) is 1.19. The fourth-order valence-corrected chi connectivity index (χ4v) is 2.29. The van der Waals surface area contributed by atoms with Gasteiger partial charge in [-0.15, -0.1) is 0 Å². The van der Waals surface area contributed by atoms with Crippen LogP contribution in [0.4, 0.5) is 19.0 Å². The van der Waals surface area contributed by atoms with E-state index in [1.807, 2.05) is 0 Å². The third kappa shape index (κ3) is 3.32. The second-order valence-corrected chi connectivity index (χ2v) is 5.15. The van der Waals surface area contributed by atoms with Gasteiger partial charge in [0.1, 0.15) is 17.1 Å². The molecule has 0 aliphatic heterocycles. The Labute approximate surface area is 138 Å². The van der Waals surface area contributed by atoms with Gasteiger partial charge < -0.3 is 10.4 Å². The van der Waals surface area contributed by atoms with Gasteiger partial charge in [-0.05, 0) is 13.0 Å². The molecule has 0 saturated carbocycles. The fourth-order valence-electron chi connectivity index (χ4n) is 2.10. The van der Waals surface area contributed by atoms with Crippen molar-refractivity contribution in [3.63, 3.8) is 0 Å². The van der Waals surface area contributed by atoms with Crippen molar-refractivity contribution >= 4 is 29.3 Å². The lowest BCUT2D eigenvalue weighted by molar-refractivity contribution is -0.138. The largest absolute Gasteiger partial charge is 0.478 e. The fraction of sp³-hybridized carbons (Fsp3) is 0.231. The van der Waals surface area contributed by atoms with Gasteiger partial charge in [0.15, 0.2) is 0 Å². The van der Waals surface area contributed by atoms with Crippen LogP contribution in [-0.2, 0) is 13.2 Å². The molecular weight excluding hydrogens is 353 g/mol. The predicted molar refractivity (Wildman–Crippen MR) is 77.1 cm³/mol. The van der Waals surface area contributed by atoms with E-state index in [2.05, 4.69) is 15.4 Å². The Morgan fingerprint density at radius 1 is 1.38 bits per heavy atom. The van der Waals surface area contributed by atoms with E-state index >= 15 is 0 Å². The van der Waals surface area contributed by atoms with E-state index < -0.39 is 29.3 Å². The van der Waals surface area contributed by atoms with Gasteiger partial charge in [0.25, 0.3) is 5.91 Å². The molecule has 0 saturated heterocycles. The van der Waals surface area contributed by atoms with Gasteiger partial charge in [-0.25, -0.2) is 9.78 Å². The third-order valence-corrected chi connectivity index (χ3v) is 3.35. The van der Waals surface area contributed by atoms with Gasteiger partial charge in [0.2, 0.25) is 0 Å². The first-order chi connectivity index (χ1) is 11.0. The lowest BCUT2D eigenvalue weighted by atomic mass is 10.1. The molecule has 0 aromatic carbocycles. The molecule has 1 amide bonds. The van der Waals surface area contributed by atoms with Crippen molar-refractivity contribution in [1.29, 1.82) is 0 Å². The highest BCUT2D eigenvalue weighted by molar-refractivity contribution is 6.33. The monoisotopic (exact) mass is 362 g/mol. The lowest BCUT2D eigenvalue weighted by Crippen LogP contribution is -2.22. The van der Waals surface area contributed by atoms with Crippen LogP contribution in [0.5, 0.6) is 0 Å². The number of pyridine rings is 1. The predicted octanol–water partition coefficient (Wildman–Crippen LogP) is 2.75. The van der Waals surface area contributed by atoms with Gasteiger partial charge in [0.05, 0.1) is 16.3 Å². The number of nitrogens with zero attached hydrogens (tertiary/aromatic N) is 3. The zero-order valence-electron chi connectivity index (χ0n) is 12.3. The highest BCUT2D eigenvalue weighted by atomic mass is 35.5. The molecule has 0 aliphatic carbocycles. The average Bonchev–Trinajstić information content (AvgIpc) is 2.75. The molecule has 0 atom stereocenters. The molecular formula is C13H10ClF3N4O3. The zero-order valence-corrected chi connectivity index (χ0v) is 13.0. The minimum absolute atomic E-state index is 0.173. The SMILES string of the molecule is Cc1nn(C)c(C(=O)Nc2cc(C(=O)O)c(Cl)cn2)c1C(F)(F)F. The third-order valence-electron chi connectivity index (χ3n) is 3.05. The average molecular weight is 363 g/mol. The van der Waals surface area contributed by atoms with E-state index in [9.17, 15) is 22.8 Å². The summed E-state index contributed by atoms with van der Waals surface area (Å²) in [5.74, 6) is -2.75. The Morgan fingerprint density at radius 3 is 2.54 bits per heavy atom. The molecule has 11 heteroatoms. The van der Waals surface area contributed by atoms with E-state index in [0.717, 1.165) is 23.9 Å². The molecule has 0 spiro atoms. The van der Waals surface area contributed by atoms with E-state index in [4.69, 9.17) is 16.7 Å². The van der Waals surface area contributed by atoms with E-state index in [0.29, 0.717) is 0 Å². The number of carboxylic acids is 1. The van der Waals surface area contributed by atoms with Crippen LogP contribution in [0.1, 0.15) is 32.1 Å². The molecule has 0 unspecified atom stereocenters. The number of hydrogen-bond acceptors (Lipinski definition) is 4.